The zero-order chi connectivity index (χ0) is 11.0. The number of rotatable bonds is 7. The molecular weight excluding hydrogens is 174 g/mol. The van der Waals surface area contributed by atoms with E-state index in [1.807, 2.05) is 0 Å². The lowest BCUT2D eigenvalue weighted by Crippen LogP contribution is -2.37. The minimum absolute atomic E-state index is 0.240. The van der Waals surface area contributed by atoms with Crippen molar-refractivity contribution in [3.05, 3.63) is 0 Å². The van der Waals surface area contributed by atoms with Crippen LogP contribution in [-0.2, 0) is 4.74 Å². The molecule has 0 aliphatic carbocycles. The van der Waals surface area contributed by atoms with Gasteiger partial charge in [0.1, 0.15) is 0 Å². The average molecular weight is 201 g/mol. The fourth-order valence-electron chi connectivity index (χ4n) is 1.21. The first-order valence-electron chi connectivity index (χ1n) is 5.78. The van der Waals surface area contributed by atoms with E-state index in [1.54, 1.807) is 0 Å². The molecule has 0 heterocycles. The summed E-state index contributed by atoms with van der Waals surface area (Å²) < 4.78 is 5.50. The minimum atomic E-state index is 0.240. The smallest absolute Gasteiger partial charge is 0.0492 e. The van der Waals surface area contributed by atoms with Gasteiger partial charge in [0.05, 0.1) is 0 Å². The molecule has 1 unspecified atom stereocenters. The Balaban J connectivity index is 3.31. The van der Waals surface area contributed by atoms with Crippen molar-refractivity contribution >= 4 is 0 Å². The first-order valence-corrected chi connectivity index (χ1v) is 5.78. The van der Waals surface area contributed by atoms with Crippen LogP contribution < -0.4 is 5.32 Å². The molecule has 0 aliphatic rings. The summed E-state index contributed by atoms with van der Waals surface area (Å²) in [4.78, 5) is 0. The summed E-state index contributed by atoms with van der Waals surface area (Å²) in [6.45, 7) is 13.9. The molecule has 0 aromatic carbocycles. The Kier molecular flexibility index (Phi) is 7.20. The number of hydrogen-bond acceptors (Lipinski definition) is 2. The molecule has 0 fully saturated rings. The Hall–Kier alpha value is -0.0800. The Morgan fingerprint density at radius 3 is 2.43 bits per heavy atom. The number of nitrogens with one attached hydrogen (secondary N) is 1. The van der Waals surface area contributed by atoms with Crippen LogP contribution in [0.5, 0.6) is 0 Å². The Labute approximate surface area is 89.4 Å². The van der Waals surface area contributed by atoms with E-state index in [1.165, 1.54) is 6.42 Å². The molecule has 2 nitrogen and oxygen atoms in total. The van der Waals surface area contributed by atoms with Crippen LogP contribution in [0.15, 0.2) is 0 Å². The Bertz CT molecular complexity index is 129. The summed E-state index contributed by atoms with van der Waals surface area (Å²) in [6, 6.07) is 0. The molecule has 0 aromatic rings. The summed E-state index contributed by atoms with van der Waals surface area (Å²) in [5.41, 5.74) is 0.240. The molecule has 0 radical (unpaired) electrons. The fraction of sp³-hybridized carbons (Fsp3) is 1.00. The van der Waals surface area contributed by atoms with E-state index >= 15 is 0 Å². The van der Waals surface area contributed by atoms with E-state index in [0.717, 1.165) is 26.2 Å². The van der Waals surface area contributed by atoms with Gasteiger partial charge in [-0.05, 0) is 46.1 Å². The van der Waals surface area contributed by atoms with Crippen molar-refractivity contribution in [3.8, 4) is 0 Å². The minimum Gasteiger partial charge on any atom is -0.381 e. The highest BCUT2D eigenvalue weighted by Gasteiger charge is 2.09. The first kappa shape index (κ1) is 13.9. The van der Waals surface area contributed by atoms with Crippen LogP contribution in [0, 0.1) is 5.92 Å². The maximum atomic E-state index is 5.50. The normalized spacial score (nSPS) is 14.4. The number of hydrogen-bond donors (Lipinski definition) is 1. The van der Waals surface area contributed by atoms with E-state index in [9.17, 15) is 0 Å². The lowest BCUT2D eigenvalue weighted by Gasteiger charge is -2.21. The van der Waals surface area contributed by atoms with Crippen molar-refractivity contribution in [1.29, 1.82) is 0 Å². The zero-order valence-corrected chi connectivity index (χ0v) is 10.5. The summed E-state index contributed by atoms with van der Waals surface area (Å²) in [5, 5.41) is 3.49. The van der Waals surface area contributed by atoms with Gasteiger partial charge in [-0.15, -0.1) is 0 Å². The third-order valence-electron chi connectivity index (χ3n) is 2.04. The molecule has 0 aromatic heterocycles. The van der Waals surface area contributed by atoms with Crippen molar-refractivity contribution in [1.82, 2.24) is 5.32 Å². The van der Waals surface area contributed by atoms with E-state index in [-0.39, 0.29) is 5.54 Å². The SMILES string of the molecule is CCCOCC(C)CCNC(C)(C)C. The van der Waals surface area contributed by atoms with Gasteiger partial charge in [0.15, 0.2) is 0 Å². The largest absolute Gasteiger partial charge is 0.381 e. The molecule has 1 atom stereocenters. The van der Waals surface area contributed by atoms with E-state index in [2.05, 4.69) is 39.9 Å². The van der Waals surface area contributed by atoms with Crippen molar-refractivity contribution in [2.45, 2.75) is 53.0 Å². The van der Waals surface area contributed by atoms with Gasteiger partial charge in [0, 0.05) is 18.8 Å². The van der Waals surface area contributed by atoms with Crippen LogP contribution >= 0.6 is 0 Å². The summed E-state index contributed by atoms with van der Waals surface area (Å²) in [7, 11) is 0. The van der Waals surface area contributed by atoms with Gasteiger partial charge in [0.2, 0.25) is 0 Å². The summed E-state index contributed by atoms with van der Waals surface area (Å²) in [6.07, 6.45) is 2.31. The van der Waals surface area contributed by atoms with Gasteiger partial charge >= 0.3 is 0 Å². The van der Waals surface area contributed by atoms with E-state index in [4.69, 9.17) is 4.74 Å². The van der Waals surface area contributed by atoms with Crippen LogP contribution in [0.2, 0.25) is 0 Å². The van der Waals surface area contributed by atoms with Gasteiger partial charge in [-0.3, -0.25) is 0 Å². The zero-order valence-electron chi connectivity index (χ0n) is 10.5. The van der Waals surface area contributed by atoms with Gasteiger partial charge < -0.3 is 10.1 Å². The summed E-state index contributed by atoms with van der Waals surface area (Å²) in [5.74, 6) is 0.663. The Morgan fingerprint density at radius 1 is 1.29 bits per heavy atom. The quantitative estimate of drug-likeness (QED) is 0.640. The molecule has 0 rings (SSSR count). The van der Waals surface area contributed by atoms with Crippen LogP contribution in [-0.4, -0.2) is 25.3 Å². The van der Waals surface area contributed by atoms with Gasteiger partial charge in [-0.1, -0.05) is 13.8 Å². The highest BCUT2D eigenvalue weighted by molar-refractivity contribution is 4.70. The molecule has 2 heteroatoms. The highest BCUT2D eigenvalue weighted by atomic mass is 16.5. The van der Waals surface area contributed by atoms with Crippen molar-refractivity contribution in [2.75, 3.05) is 19.8 Å². The third-order valence-corrected chi connectivity index (χ3v) is 2.04. The topological polar surface area (TPSA) is 21.3 Å². The molecule has 0 spiro atoms. The molecule has 0 bridgehead atoms. The van der Waals surface area contributed by atoms with Crippen LogP contribution in [0.25, 0.3) is 0 Å². The van der Waals surface area contributed by atoms with Crippen LogP contribution in [0.4, 0.5) is 0 Å². The van der Waals surface area contributed by atoms with Crippen molar-refractivity contribution in [3.63, 3.8) is 0 Å². The Morgan fingerprint density at radius 2 is 1.93 bits per heavy atom. The number of ether oxygens (including phenoxy) is 1. The predicted molar refractivity (Wildman–Crippen MR) is 62.6 cm³/mol. The monoisotopic (exact) mass is 201 g/mol. The van der Waals surface area contributed by atoms with Gasteiger partial charge in [-0.25, -0.2) is 0 Å². The van der Waals surface area contributed by atoms with Crippen molar-refractivity contribution in [2.24, 2.45) is 5.92 Å². The lowest BCUT2D eigenvalue weighted by molar-refractivity contribution is 0.102. The molecule has 0 saturated carbocycles. The van der Waals surface area contributed by atoms with Crippen molar-refractivity contribution < 1.29 is 4.74 Å². The second-order valence-corrected chi connectivity index (χ2v) is 5.15. The molecule has 86 valence electrons. The molecule has 1 N–H and O–H groups in total. The van der Waals surface area contributed by atoms with Crippen LogP contribution in [0.1, 0.15) is 47.5 Å². The van der Waals surface area contributed by atoms with E-state index < -0.39 is 0 Å². The van der Waals surface area contributed by atoms with Gasteiger partial charge in [0.25, 0.3) is 0 Å². The van der Waals surface area contributed by atoms with Crippen LogP contribution in [0.3, 0.4) is 0 Å². The first-order chi connectivity index (χ1) is 6.45. The summed E-state index contributed by atoms with van der Waals surface area (Å²) >= 11 is 0. The second-order valence-electron chi connectivity index (χ2n) is 5.15. The van der Waals surface area contributed by atoms with E-state index in [0.29, 0.717) is 5.92 Å². The standard InChI is InChI=1S/C12H27NO/c1-6-9-14-10-11(2)7-8-13-12(3,4)5/h11,13H,6-10H2,1-5H3. The highest BCUT2D eigenvalue weighted by Crippen LogP contribution is 2.04. The molecular formula is C12H27NO. The maximum absolute atomic E-state index is 5.50. The average Bonchev–Trinajstić information content (AvgIpc) is 2.02. The molecule has 0 aliphatic heterocycles. The molecule has 0 saturated heterocycles. The molecule has 0 amide bonds. The molecule has 14 heavy (non-hydrogen) atoms. The fourth-order valence-corrected chi connectivity index (χ4v) is 1.21. The third kappa shape index (κ3) is 10.0. The second kappa shape index (κ2) is 7.24. The van der Waals surface area contributed by atoms with Gasteiger partial charge in [-0.2, -0.15) is 0 Å². The lowest BCUT2D eigenvalue weighted by atomic mass is 10.1. The predicted octanol–water partition coefficient (Wildman–Crippen LogP) is 2.83. The maximum Gasteiger partial charge on any atom is 0.0492 e.